The van der Waals surface area contributed by atoms with E-state index >= 15 is 0 Å². The van der Waals surface area contributed by atoms with E-state index in [-0.39, 0.29) is 6.04 Å². The summed E-state index contributed by atoms with van der Waals surface area (Å²) in [5, 5.41) is 9.15. The molecule has 0 aromatic rings. The van der Waals surface area contributed by atoms with Crippen molar-refractivity contribution in [1.29, 1.82) is 5.26 Å². The highest BCUT2D eigenvalue weighted by atomic mass is 15.3. The Kier molecular flexibility index (Phi) is 6.54. The van der Waals surface area contributed by atoms with Crippen LogP contribution >= 0.6 is 0 Å². The first-order valence-corrected chi connectivity index (χ1v) is 7.07. The Morgan fingerprint density at radius 1 is 1.18 bits per heavy atom. The molecule has 1 fully saturated rings. The average molecular weight is 237 g/mol. The van der Waals surface area contributed by atoms with Gasteiger partial charge in [-0.15, -0.1) is 0 Å². The highest BCUT2D eigenvalue weighted by molar-refractivity contribution is 4.93. The lowest BCUT2D eigenvalue weighted by atomic mass is 10.1. The van der Waals surface area contributed by atoms with E-state index < -0.39 is 0 Å². The molecule has 2 unspecified atom stereocenters. The Labute approximate surface area is 106 Å². The maximum Gasteiger partial charge on any atom is 0.0978 e. The second-order valence-electron chi connectivity index (χ2n) is 5.28. The molecule has 17 heavy (non-hydrogen) atoms. The van der Waals surface area contributed by atoms with Gasteiger partial charge in [-0.05, 0) is 12.3 Å². The molecule has 0 aromatic carbocycles. The molecule has 0 aliphatic carbocycles. The molecular formula is C14H27N3. The van der Waals surface area contributed by atoms with Gasteiger partial charge in [0.05, 0.1) is 12.1 Å². The highest BCUT2D eigenvalue weighted by Crippen LogP contribution is 2.12. The van der Waals surface area contributed by atoms with Crippen molar-refractivity contribution in [2.45, 2.75) is 46.1 Å². The summed E-state index contributed by atoms with van der Waals surface area (Å²) in [4.78, 5) is 4.90. The normalized spacial score (nSPS) is 22.0. The standard InChI is InChI=1S/C14H27N3/c1-4-6-14(11-15)17-9-7-16(8-10-17)12-13(3)5-2/h13-14H,4-10,12H2,1-3H3. The van der Waals surface area contributed by atoms with Gasteiger partial charge in [0, 0.05) is 32.7 Å². The molecule has 0 N–H and O–H groups in total. The van der Waals surface area contributed by atoms with Gasteiger partial charge in [-0.25, -0.2) is 0 Å². The summed E-state index contributed by atoms with van der Waals surface area (Å²) in [6.45, 7) is 12.3. The minimum atomic E-state index is 0.144. The van der Waals surface area contributed by atoms with Gasteiger partial charge in [0.1, 0.15) is 0 Å². The van der Waals surface area contributed by atoms with E-state index in [2.05, 4.69) is 36.6 Å². The average Bonchev–Trinajstić information content (AvgIpc) is 2.37. The molecule has 1 aliphatic heterocycles. The van der Waals surface area contributed by atoms with E-state index in [0.29, 0.717) is 0 Å². The number of nitriles is 1. The lowest BCUT2D eigenvalue weighted by molar-refractivity contribution is 0.100. The molecule has 0 bridgehead atoms. The van der Waals surface area contributed by atoms with Crippen molar-refractivity contribution in [3.05, 3.63) is 0 Å². The van der Waals surface area contributed by atoms with Gasteiger partial charge in [-0.2, -0.15) is 5.26 Å². The number of nitrogens with zero attached hydrogens (tertiary/aromatic N) is 3. The molecule has 1 saturated heterocycles. The summed E-state index contributed by atoms with van der Waals surface area (Å²) >= 11 is 0. The van der Waals surface area contributed by atoms with Gasteiger partial charge in [0.25, 0.3) is 0 Å². The van der Waals surface area contributed by atoms with Gasteiger partial charge in [-0.1, -0.05) is 33.6 Å². The fourth-order valence-corrected chi connectivity index (χ4v) is 2.43. The van der Waals surface area contributed by atoms with Crippen LogP contribution in [0, 0.1) is 17.2 Å². The van der Waals surface area contributed by atoms with E-state index in [1.807, 2.05) is 0 Å². The van der Waals surface area contributed by atoms with Crippen LogP contribution in [0.5, 0.6) is 0 Å². The lowest BCUT2D eigenvalue weighted by Crippen LogP contribution is -2.50. The summed E-state index contributed by atoms with van der Waals surface area (Å²) in [5.41, 5.74) is 0. The van der Waals surface area contributed by atoms with Gasteiger partial charge in [-0.3, -0.25) is 4.90 Å². The molecule has 1 aliphatic rings. The van der Waals surface area contributed by atoms with E-state index in [1.54, 1.807) is 0 Å². The fourth-order valence-electron chi connectivity index (χ4n) is 2.43. The molecule has 2 atom stereocenters. The molecule has 0 aromatic heterocycles. The van der Waals surface area contributed by atoms with Crippen LogP contribution in [0.4, 0.5) is 0 Å². The molecule has 0 saturated carbocycles. The molecule has 1 heterocycles. The lowest BCUT2D eigenvalue weighted by Gasteiger charge is -2.37. The summed E-state index contributed by atoms with van der Waals surface area (Å²) in [6.07, 6.45) is 3.38. The number of hydrogen-bond donors (Lipinski definition) is 0. The van der Waals surface area contributed by atoms with Gasteiger partial charge in [0.15, 0.2) is 0 Å². The second kappa shape index (κ2) is 7.68. The zero-order valence-electron chi connectivity index (χ0n) is 11.7. The Morgan fingerprint density at radius 3 is 2.29 bits per heavy atom. The van der Waals surface area contributed by atoms with Gasteiger partial charge in [0.2, 0.25) is 0 Å². The number of piperazine rings is 1. The molecular weight excluding hydrogens is 210 g/mol. The number of rotatable bonds is 6. The maximum absolute atomic E-state index is 9.15. The highest BCUT2D eigenvalue weighted by Gasteiger charge is 2.23. The van der Waals surface area contributed by atoms with E-state index in [9.17, 15) is 0 Å². The first-order valence-electron chi connectivity index (χ1n) is 7.07. The second-order valence-corrected chi connectivity index (χ2v) is 5.28. The third-order valence-electron chi connectivity index (χ3n) is 3.83. The zero-order chi connectivity index (χ0) is 12.7. The summed E-state index contributed by atoms with van der Waals surface area (Å²) in [5.74, 6) is 0.795. The molecule has 3 nitrogen and oxygen atoms in total. The maximum atomic E-state index is 9.15. The van der Waals surface area contributed by atoms with Crippen LogP contribution in [0.1, 0.15) is 40.0 Å². The Morgan fingerprint density at radius 2 is 1.82 bits per heavy atom. The van der Waals surface area contributed by atoms with Crippen LogP contribution < -0.4 is 0 Å². The first kappa shape index (κ1) is 14.5. The summed E-state index contributed by atoms with van der Waals surface area (Å²) in [7, 11) is 0. The minimum Gasteiger partial charge on any atom is -0.301 e. The van der Waals surface area contributed by atoms with Crippen molar-refractivity contribution in [3.63, 3.8) is 0 Å². The minimum absolute atomic E-state index is 0.144. The largest absolute Gasteiger partial charge is 0.301 e. The predicted molar refractivity (Wildman–Crippen MR) is 71.8 cm³/mol. The molecule has 0 radical (unpaired) electrons. The third kappa shape index (κ3) is 4.65. The molecule has 98 valence electrons. The smallest absolute Gasteiger partial charge is 0.0978 e. The molecule has 0 amide bonds. The van der Waals surface area contributed by atoms with Crippen LogP contribution in [0.3, 0.4) is 0 Å². The van der Waals surface area contributed by atoms with Crippen molar-refractivity contribution in [2.24, 2.45) is 5.92 Å². The summed E-state index contributed by atoms with van der Waals surface area (Å²) in [6, 6.07) is 2.59. The third-order valence-corrected chi connectivity index (χ3v) is 3.83. The monoisotopic (exact) mass is 237 g/mol. The zero-order valence-corrected chi connectivity index (χ0v) is 11.7. The van der Waals surface area contributed by atoms with Crippen LogP contribution in [0.15, 0.2) is 0 Å². The predicted octanol–water partition coefficient (Wildman–Crippen LogP) is 2.34. The first-order chi connectivity index (χ1) is 8.21. The van der Waals surface area contributed by atoms with E-state index in [0.717, 1.165) is 44.9 Å². The quantitative estimate of drug-likeness (QED) is 0.710. The van der Waals surface area contributed by atoms with Gasteiger partial charge >= 0.3 is 0 Å². The Bertz CT molecular complexity index is 238. The van der Waals surface area contributed by atoms with Crippen molar-refractivity contribution in [3.8, 4) is 6.07 Å². The number of hydrogen-bond acceptors (Lipinski definition) is 3. The van der Waals surface area contributed by atoms with Crippen molar-refractivity contribution in [2.75, 3.05) is 32.7 Å². The van der Waals surface area contributed by atoms with Gasteiger partial charge < -0.3 is 4.90 Å². The Hall–Kier alpha value is -0.590. The Balaban J connectivity index is 2.32. The topological polar surface area (TPSA) is 30.3 Å². The van der Waals surface area contributed by atoms with Crippen molar-refractivity contribution in [1.82, 2.24) is 9.80 Å². The summed E-state index contributed by atoms with van der Waals surface area (Å²) < 4.78 is 0. The van der Waals surface area contributed by atoms with Crippen LogP contribution in [0.2, 0.25) is 0 Å². The SMILES string of the molecule is CCCC(C#N)N1CCN(CC(C)CC)CC1. The molecule has 0 spiro atoms. The van der Waals surface area contributed by atoms with Crippen LogP contribution in [0.25, 0.3) is 0 Å². The van der Waals surface area contributed by atoms with E-state index in [4.69, 9.17) is 5.26 Å². The fraction of sp³-hybridized carbons (Fsp3) is 0.929. The van der Waals surface area contributed by atoms with Crippen LogP contribution in [-0.4, -0.2) is 48.6 Å². The molecule has 3 heteroatoms. The van der Waals surface area contributed by atoms with E-state index in [1.165, 1.54) is 13.0 Å². The van der Waals surface area contributed by atoms with Crippen molar-refractivity contribution >= 4 is 0 Å². The van der Waals surface area contributed by atoms with Crippen LogP contribution in [-0.2, 0) is 0 Å². The van der Waals surface area contributed by atoms with Crippen molar-refractivity contribution < 1.29 is 0 Å². The molecule has 1 rings (SSSR count).